The second kappa shape index (κ2) is 4.20. The molecule has 0 aliphatic carbocycles. The molecule has 1 aliphatic rings. The van der Waals surface area contributed by atoms with E-state index in [1.165, 1.54) is 12.3 Å². The van der Waals surface area contributed by atoms with Crippen molar-refractivity contribution in [3.63, 3.8) is 0 Å². The van der Waals surface area contributed by atoms with Crippen LogP contribution >= 0.6 is 15.9 Å². The van der Waals surface area contributed by atoms with Crippen molar-refractivity contribution in [3.05, 3.63) is 28.5 Å². The van der Waals surface area contributed by atoms with Gasteiger partial charge in [-0.3, -0.25) is 4.98 Å². The molecule has 0 spiro atoms. The van der Waals surface area contributed by atoms with Crippen molar-refractivity contribution in [1.29, 1.82) is 0 Å². The van der Waals surface area contributed by atoms with E-state index in [4.69, 9.17) is 12.3 Å². The van der Waals surface area contributed by atoms with Gasteiger partial charge in [-0.05, 0) is 46.2 Å². The molecule has 70 valence electrons. The lowest BCUT2D eigenvalue weighted by atomic mass is 9.93. The normalized spacial score (nSPS) is 47.0. The predicted octanol–water partition coefficient (Wildman–Crippen LogP) is 2.74. The minimum Gasteiger partial charge on any atom is -0.381 e. The summed E-state index contributed by atoms with van der Waals surface area (Å²) in [4.78, 5) is 3.75. The minimum atomic E-state index is -3.22. The molecule has 3 heteroatoms. The molecule has 13 heavy (non-hydrogen) atoms. The summed E-state index contributed by atoms with van der Waals surface area (Å²) in [6.45, 7) is -6.43. The summed E-state index contributed by atoms with van der Waals surface area (Å²) >= 11 is 3.08. The molecule has 0 amide bonds. The number of rotatable bonds is 1. The van der Waals surface area contributed by atoms with Crippen molar-refractivity contribution in [1.82, 2.24) is 4.98 Å². The molecule has 1 aliphatic heterocycles. The van der Waals surface area contributed by atoms with Crippen LogP contribution in [0, 0.1) is 0 Å². The third kappa shape index (κ3) is 2.29. The van der Waals surface area contributed by atoms with Crippen LogP contribution in [0.15, 0.2) is 22.9 Å². The van der Waals surface area contributed by atoms with E-state index >= 15 is 0 Å². The zero-order valence-corrected chi connectivity index (χ0v) is 8.05. The van der Waals surface area contributed by atoms with Crippen molar-refractivity contribution in [2.75, 3.05) is 13.1 Å². The first-order valence-electron chi connectivity index (χ1n) is 8.02. The topological polar surface area (TPSA) is 22.1 Å². The number of halogens is 1. The monoisotopic (exact) mass is 250 g/mol. The van der Waals surface area contributed by atoms with E-state index in [2.05, 4.69) is 25.7 Å². The Labute approximate surface area is 99.1 Å². The Morgan fingerprint density at radius 2 is 2.31 bits per heavy atom. The third-order valence-corrected chi connectivity index (χ3v) is 1.88. The molecule has 1 saturated heterocycles. The molecule has 0 saturated carbocycles. The highest BCUT2D eigenvalue weighted by molar-refractivity contribution is 9.10. The smallest absolute Gasteiger partial charge is 0.0567 e. The Bertz CT molecular complexity index is 580. The Hall–Kier alpha value is -0.410. The average molecular weight is 251 g/mol. The third-order valence-electron chi connectivity index (χ3n) is 1.45. The van der Waals surface area contributed by atoms with E-state index in [-0.39, 0.29) is 5.56 Å². The molecule has 2 rings (SSSR count). The maximum Gasteiger partial charge on any atom is 0.0567 e. The number of hydrogen-bond acceptors (Lipinski definition) is 2. The summed E-state index contributed by atoms with van der Waals surface area (Å²) in [6, 6.07) is 1.22. The van der Waals surface area contributed by atoms with Crippen molar-refractivity contribution < 1.29 is 17.1 Å². The van der Waals surface area contributed by atoms with Gasteiger partial charge in [0.2, 0.25) is 0 Å². The van der Waals surface area contributed by atoms with Gasteiger partial charge in [0.1, 0.15) is 0 Å². The molecule has 1 fully saturated rings. The van der Waals surface area contributed by atoms with Crippen LogP contribution in [0.3, 0.4) is 0 Å². The van der Waals surface area contributed by atoms with E-state index in [1.807, 2.05) is 0 Å². The molecule has 0 atom stereocenters. The summed E-state index contributed by atoms with van der Waals surface area (Å²) in [6.07, 6.45) is -4.01. The highest BCUT2D eigenvalue weighted by Gasteiger charge is 2.15. The van der Waals surface area contributed by atoms with Gasteiger partial charge in [0.15, 0.2) is 0 Å². The van der Waals surface area contributed by atoms with Gasteiger partial charge in [-0.1, -0.05) is 0 Å². The van der Waals surface area contributed by atoms with Gasteiger partial charge in [-0.15, -0.1) is 0 Å². The van der Waals surface area contributed by atoms with Crippen molar-refractivity contribution in [2.24, 2.45) is 0 Å². The van der Waals surface area contributed by atoms with E-state index in [9.17, 15) is 0 Å². The van der Waals surface area contributed by atoms with Gasteiger partial charge >= 0.3 is 0 Å². The van der Waals surface area contributed by atoms with Crippen LogP contribution in [0.25, 0.3) is 0 Å². The van der Waals surface area contributed by atoms with E-state index in [1.54, 1.807) is 0 Å². The summed E-state index contributed by atoms with van der Waals surface area (Å²) in [5.41, 5.74) is -0.298. The maximum absolute atomic E-state index is 8.40. The zero-order chi connectivity index (χ0) is 17.2. The highest BCUT2D eigenvalue weighted by Crippen LogP contribution is 2.27. The molecule has 1 aromatic rings. The van der Waals surface area contributed by atoms with Gasteiger partial charge < -0.3 is 4.74 Å². The number of pyridine rings is 1. The van der Waals surface area contributed by atoms with Crippen molar-refractivity contribution in [2.45, 2.75) is 18.6 Å². The number of nitrogens with zero attached hydrogens (tertiary/aromatic N) is 1. The Kier molecular flexibility index (Phi) is 1.07. The zero-order valence-electron chi connectivity index (χ0n) is 15.5. The average Bonchev–Trinajstić information content (AvgIpc) is 2.34. The number of ether oxygens (including phenoxy) is 1. The fourth-order valence-corrected chi connectivity index (χ4v) is 1.27. The largest absolute Gasteiger partial charge is 0.381 e. The molecule has 0 bridgehead atoms. The quantitative estimate of drug-likeness (QED) is 0.765. The fraction of sp³-hybridized carbons (Fsp3) is 0.500. The molecule has 0 radical (unpaired) electrons. The van der Waals surface area contributed by atoms with Crippen LogP contribution in [0.5, 0.6) is 0 Å². The van der Waals surface area contributed by atoms with E-state index in [0.717, 1.165) is 6.20 Å². The maximum atomic E-state index is 8.40. The fourth-order valence-electron chi connectivity index (χ4n) is 0.903. The SMILES string of the molecule is [2H]C1([2H])OC([2H])([2H])C([2H])([2H])C([2H])(c2cncc(Br)c2)C1([2H])[2H]. The van der Waals surface area contributed by atoms with Gasteiger partial charge in [-0.2, -0.15) is 0 Å². The summed E-state index contributed by atoms with van der Waals surface area (Å²) in [5, 5.41) is 0. The molecule has 0 unspecified atom stereocenters. The Balaban J connectivity index is 2.82. The van der Waals surface area contributed by atoms with Crippen molar-refractivity contribution in [3.8, 4) is 0 Å². The molecule has 0 N–H and O–H groups in total. The molecule has 2 nitrogen and oxygen atoms in total. The molecular formula is C10H12BrNO. The summed E-state index contributed by atoms with van der Waals surface area (Å²) in [7, 11) is 0. The lowest BCUT2D eigenvalue weighted by Gasteiger charge is -2.21. The first-order chi connectivity index (χ1) is 9.71. The molecule has 0 aromatic carbocycles. The lowest BCUT2D eigenvalue weighted by molar-refractivity contribution is 0.0852. The van der Waals surface area contributed by atoms with Crippen LogP contribution in [-0.2, 0) is 4.74 Å². The summed E-state index contributed by atoms with van der Waals surface area (Å²) in [5.74, 6) is -2.93. The Morgan fingerprint density at radius 1 is 1.54 bits per heavy atom. The highest BCUT2D eigenvalue weighted by atomic mass is 79.9. The first-order valence-corrected chi connectivity index (χ1v) is 4.31. The van der Waals surface area contributed by atoms with Crippen LogP contribution in [0.2, 0.25) is 0 Å². The summed E-state index contributed by atoms with van der Waals surface area (Å²) < 4.78 is 75.5. The van der Waals surface area contributed by atoms with Crippen LogP contribution in [-0.4, -0.2) is 18.1 Å². The van der Waals surface area contributed by atoms with Gasteiger partial charge in [0, 0.05) is 36.8 Å². The molecular weight excluding hydrogens is 230 g/mol. The number of aromatic nitrogens is 1. The van der Waals surface area contributed by atoms with Gasteiger partial charge in [-0.25, -0.2) is 0 Å². The molecule has 2 heterocycles. The van der Waals surface area contributed by atoms with E-state index in [0.29, 0.717) is 4.47 Å². The first kappa shape index (κ1) is 3.31. The van der Waals surface area contributed by atoms with Crippen molar-refractivity contribution >= 4 is 15.9 Å². The number of hydrogen-bond donors (Lipinski definition) is 0. The molecule has 1 aromatic heterocycles. The van der Waals surface area contributed by atoms with Crippen LogP contribution in [0.4, 0.5) is 0 Å². The van der Waals surface area contributed by atoms with Crippen LogP contribution < -0.4 is 0 Å². The second-order valence-electron chi connectivity index (χ2n) is 2.32. The lowest BCUT2D eigenvalue weighted by Crippen LogP contribution is -2.14. The van der Waals surface area contributed by atoms with Gasteiger partial charge in [0.05, 0.1) is 5.48 Å². The van der Waals surface area contributed by atoms with Gasteiger partial charge in [0.25, 0.3) is 0 Å². The predicted molar refractivity (Wildman–Crippen MR) is 54.7 cm³/mol. The Morgan fingerprint density at radius 3 is 3.00 bits per heavy atom. The standard InChI is InChI=1S/C10H12BrNO/c11-10-5-9(6-12-7-10)8-1-3-13-4-2-8/h5-8H,1-4H2/i1D2,2D2,3D2,4D2,8D. The van der Waals surface area contributed by atoms with Crippen LogP contribution in [0.1, 0.15) is 36.5 Å². The second-order valence-corrected chi connectivity index (χ2v) is 3.24. The van der Waals surface area contributed by atoms with E-state index < -0.39 is 31.8 Å². The minimum absolute atomic E-state index is 0.298.